The summed E-state index contributed by atoms with van der Waals surface area (Å²) in [5.41, 5.74) is 0.274. The molecule has 0 saturated carbocycles. The zero-order valence-electron chi connectivity index (χ0n) is 11.1. The van der Waals surface area contributed by atoms with Crippen LogP contribution >= 0.6 is 0 Å². The lowest BCUT2D eigenvalue weighted by atomic mass is 10.2. The average molecular weight is 299 g/mol. The van der Waals surface area contributed by atoms with Gasteiger partial charge in [0.05, 0.1) is 24.1 Å². The Labute approximate surface area is 117 Å². The maximum atomic E-state index is 12.3. The van der Waals surface area contributed by atoms with Gasteiger partial charge in [0.15, 0.2) is 0 Å². The van der Waals surface area contributed by atoms with E-state index >= 15 is 0 Å². The van der Waals surface area contributed by atoms with Gasteiger partial charge in [-0.05, 0) is 6.92 Å². The number of rotatable bonds is 5. The molecule has 0 bridgehead atoms. The molecule has 0 N–H and O–H groups in total. The highest BCUT2D eigenvalue weighted by Gasteiger charge is 2.25. The molecule has 0 unspecified atom stereocenters. The van der Waals surface area contributed by atoms with Crippen LogP contribution in [0.1, 0.15) is 5.69 Å². The number of hydrogen-bond donors (Lipinski definition) is 0. The zero-order valence-corrected chi connectivity index (χ0v) is 11.1. The average Bonchev–Trinajstić information content (AvgIpc) is 2.83. The number of alkyl halides is 2. The molecule has 7 nitrogen and oxygen atoms in total. The van der Waals surface area contributed by atoms with Gasteiger partial charge in [-0.1, -0.05) is 0 Å². The molecule has 0 saturated heterocycles. The molecule has 0 aliphatic rings. The summed E-state index contributed by atoms with van der Waals surface area (Å²) in [7, 11) is 1.21. The van der Waals surface area contributed by atoms with Crippen LogP contribution < -0.4 is 9.47 Å². The zero-order chi connectivity index (χ0) is 15.6. The lowest BCUT2D eigenvalue weighted by molar-refractivity contribution is -0.385. The van der Waals surface area contributed by atoms with Crippen molar-refractivity contribution in [3.63, 3.8) is 0 Å². The Morgan fingerprint density at radius 3 is 2.62 bits per heavy atom. The number of methoxy groups -OCH3 is 1. The Balaban J connectivity index is 2.65. The van der Waals surface area contributed by atoms with Crippen LogP contribution in [0.5, 0.6) is 11.5 Å². The number of ether oxygens (including phenoxy) is 2. The van der Waals surface area contributed by atoms with Crippen LogP contribution in [0.3, 0.4) is 0 Å². The van der Waals surface area contributed by atoms with E-state index in [0.29, 0.717) is 5.69 Å². The van der Waals surface area contributed by atoms with Crippen LogP contribution in [0.25, 0.3) is 5.69 Å². The first kappa shape index (κ1) is 14.7. The molecule has 21 heavy (non-hydrogen) atoms. The fraction of sp³-hybridized carbons (Fsp3) is 0.250. The van der Waals surface area contributed by atoms with E-state index in [-0.39, 0.29) is 22.9 Å². The summed E-state index contributed by atoms with van der Waals surface area (Å²) in [6.45, 7) is -1.35. The second-order valence-corrected chi connectivity index (χ2v) is 4.05. The van der Waals surface area contributed by atoms with Gasteiger partial charge in [0.2, 0.25) is 5.75 Å². The molecule has 2 rings (SSSR count). The number of nitro groups is 1. The number of hydrogen-bond acceptors (Lipinski definition) is 5. The molecule has 9 heteroatoms. The smallest absolute Gasteiger partial charge is 0.387 e. The summed E-state index contributed by atoms with van der Waals surface area (Å²) in [6.07, 6.45) is 2.86. The van der Waals surface area contributed by atoms with Gasteiger partial charge >= 0.3 is 12.3 Å². The van der Waals surface area contributed by atoms with Gasteiger partial charge in [0.25, 0.3) is 0 Å². The van der Waals surface area contributed by atoms with E-state index < -0.39 is 11.5 Å². The third-order valence-electron chi connectivity index (χ3n) is 2.65. The van der Waals surface area contributed by atoms with E-state index in [2.05, 4.69) is 9.72 Å². The maximum absolute atomic E-state index is 12.3. The Morgan fingerprint density at radius 1 is 1.43 bits per heavy atom. The molecule has 0 aliphatic carbocycles. The van der Waals surface area contributed by atoms with E-state index in [4.69, 9.17) is 4.74 Å². The molecule has 1 aromatic heterocycles. The summed E-state index contributed by atoms with van der Waals surface area (Å²) in [4.78, 5) is 14.5. The van der Waals surface area contributed by atoms with E-state index in [1.807, 2.05) is 0 Å². The second kappa shape index (κ2) is 5.73. The Kier molecular flexibility index (Phi) is 4.01. The van der Waals surface area contributed by atoms with Crippen molar-refractivity contribution < 1.29 is 23.2 Å². The van der Waals surface area contributed by atoms with Gasteiger partial charge in [-0.25, -0.2) is 4.98 Å². The summed E-state index contributed by atoms with van der Waals surface area (Å²) < 4.78 is 35.2. The molecule has 0 radical (unpaired) electrons. The summed E-state index contributed by atoms with van der Waals surface area (Å²) in [6, 6.07) is 2.17. The molecule has 2 aromatic rings. The fourth-order valence-corrected chi connectivity index (χ4v) is 1.83. The molecule has 1 aromatic carbocycles. The monoisotopic (exact) mass is 299 g/mol. The Hall–Kier alpha value is -2.71. The van der Waals surface area contributed by atoms with Crippen molar-refractivity contribution in [3.05, 3.63) is 40.5 Å². The molecule has 0 aliphatic heterocycles. The highest BCUT2D eigenvalue weighted by Crippen LogP contribution is 2.38. The van der Waals surface area contributed by atoms with Crippen LogP contribution in [0.15, 0.2) is 24.7 Å². The van der Waals surface area contributed by atoms with Crippen molar-refractivity contribution in [2.75, 3.05) is 7.11 Å². The van der Waals surface area contributed by atoms with Crippen molar-refractivity contribution in [1.82, 2.24) is 9.55 Å². The first-order chi connectivity index (χ1) is 9.92. The van der Waals surface area contributed by atoms with Crippen molar-refractivity contribution in [1.29, 1.82) is 0 Å². The van der Waals surface area contributed by atoms with Crippen molar-refractivity contribution in [3.8, 4) is 17.2 Å². The third-order valence-corrected chi connectivity index (χ3v) is 2.65. The highest BCUT2D eigenvalue weighted by atomic mass is 19.3. The predicted octanol–water partition coefficient (Wildman–Crippen LogP) is 2.70. The number of aryl methyl sites for hydroxylation is 1. The minimum absolute atomic E-state index is 0.0237. The highest BCUT2D eigenvalue weighted by molar-refractivity contribution is 5.65. The number of benzene rings is 1. The van der Waals surface area contributed by atoms with Crippen LogP contribution in [0.4, 0.5) is 14.5 Å². The minimum Gasteiger partial charge on any atom is -0.490 e. The van der Waals surface area contributed by atoms with E-state index in [9.17, 15) is 18.9 Å². The Morgan fingerprint density at radius 2 is 2.14 bits per heavy atom. The number of aromatic nitrogens is 2. The van der Waals surface area contributed by atoms with Crippen LogP contribution in [0.2, 0.25) is 0 Å². The van der Waals surface area contributed by atoms with Crippen LogP contribution in [0, 0.1) is 17.0 Å². The number of imidazole rings is 1. The largest absolute Gasteiger partial charge is 0.490 e. The number of nitro benzene ring substituents is 1. The van der Waals surface area contributed by atoms with Gasteiger partial charge < -0.3 is 9.47 Å². The van der Waals surface area contributed by atoms with Crippen LogP contribution in [-0.2, 0) is 0 Å². The van der Waals surface area contributed by atoms with E-state index in [1.54, 1.807) is 6.92 Å². The molecular weight excluding hydrogens is 288 g/mol. The van der Waals surface area contributed by atoms with Gasteiger partial charge in [0, 0.05) is 18.3 Å². The summed E-state index contributed by atoms with van der Waals surface area (Å²) in [5.74, 6) is -0.423. The van der Waals surface area contributed by atoms with Gasteiger partial charge in [0.1, 0.15) is 11.4 Å². The molecule has 0 atom stereocenters. The maximum Gasteiger partial charge on any atom is 0.387 e. The molecule has 1 heterocycles. The van der Waals surface area contributed by atoms with Gasteiger partial charge in [-0.3, -0.25) is 14.7 Å². The summed E-state index contributed by atoms with van der Waals surface area (Å²) >= 11 is 0. The van der Waals surface area contributed by atoms with Crippen molar-refractivity contribution >= 4 is 5.69 Å². The van der Waals surface area contributed by atoms with Crippen LogP contribution in [-0.4, -0.2) is 28.2 Å². The topological polar surface area (TPSA) is 79.4 Å². The standard InChI is InChI=1S/C12H11F2N3O4/c1-7-5-16(6-15-7)9-3-8(21-12(13)14)4-10(20-2)11(9)17(18)19/h3-6,12H,1-2H3. The lowest BCUT2D eigenvalue weighted by Gasteiger charge is -2.11. The van der Waals surface area contributed by atoms with Crippen molar-refractivity contribution in [2.45, 2.75) is 13.5 Å². The Bertz CT molecular complexity index is 673. The molecule has 0 fully saturated rings. The van der Waals surface area contributed by atoms with Gasteiger partial charge in [-0.2, -0.15) is 8.78 Å². The molecule has 112 valence electrons. The third kappa shape index (κ3) is 3.07. The fourth-order valence-electron chi connectivity index (χ4n) is 1.83. The molecule has 0 amide bonds. The first-order valence-electron chi connectivity index (χ1n) is 5.74. The first-order valence-corrected chi connectivity index (χ1v) is 5.74. The minimum atomic E-state index is -3.05. The SMILES string of the molecule is COc1cc(OC(F)F)cc(-n2cnc(C)c2)c1[N+](=O)[O-]. The normalized spacial score (nSPS) is 10.7. The lowest BCUT2D eigenvalue weighted by Crippen LogP contribution is -2.06. The van der Waals surface area contributed by atoms with E-state index in [0.717, 1.165) is 12.1 Å². The summed E-state index contributed by atoms with van der Waals surface area (Å²) in [5, 5.41) is 11.2. The number of halogens is 2. The van der Waals surface area contributed by atoms with Crippen molar-refractivity contribution in [2.24, 2.45) is 0 Å². The molecular formula is C12H11F2N3O4. The number of nitrogens with zero attached hydrogens (tertiary/aromatic N) is 3. The predicted molar refractivity (Wildman–Crippen MR) is 68.1 cm³/mol. The quantitative estimate of drug-likeness (QED) is 0.626. The second-order valence-electron chi connectivity index (χ2n) is 4.05. The van der Waals surface area contributed by atoms with E-state index in [1.165, 1.54) is 24.2 Å². The molecule has 0 spiro atoms. The van der Waals surface area contributed by atoms with Gasteiger partial charge in [-0.15, -0.1) is 0 Å².